The summed E-state index contributed by atoms with van der Waals surface area (Å²) >= 11 is 1.76. The number of thioether (sulfide) groups is 1. The van der Waals surface area contributed by atoms with Crippen molar-refractivity contribution in [1.29, 1.82) is 0 Å². The molecule has 1 atom stereocenters. The first-order valence-corrected chi connectivity index (χ1v) is 9.03. The van der Waals surface area contributed by atoms with Gasteiger partial charge in [-0.3, -0.25) is 4.79 Å². The van der Waals surface area contributed by atoms with Crippen molar-refractivity contribution in [1.82, 2.24) is 4.90 Å². The zero-order chi connectivity index (χ0) is 15.4. The Morgan fingerprint density at radius 3 is 2.82 bits per heavy atom. The first kappa shape index (κ1) is 15.5. The second-order valence-corrected chi connectivity index (χ2v) is 7.14. The van der Waals surface area contributed by atoms with E-state index in [2.05, 4.69) is 6.08 Å². The standard InChI is InChI=1S/C18H23NO2S/c1-14-7-3-4-8-17(14)21-12-16-11-15(13-22-16)18(20)19-9-5-2-6-10-19/h3-4,7-8,11,15H,2,5-6,9-10,12-13H2,1H3. The number of amides is 1. The van der Waals surface area contributed by atoms with Crippen LogP contribution in [-0.4, -0.2) is 36.3 Å². The number of benzene rings is 1. The first-order chi connectivity index (χ1) is 10.7. The van der Waals surface area contributed by atoms with Crippen molar-refractivity contribution < 1.29 is 9.53 Å². The number of rotatable bonds is 4. The molecule has 4 heteroatoms. The molecule has 0 N–H and O–H groups in total. The van der Waals surface area contributed by atoms with Gasteiger partial charge in [-0.15, -0.1) is 11.8 Å². The molecule has 0 bridgehead atoms. The molecule has 3 nitrogen and oxygen atoms in total. The minimum atomic E-state index is 0.0403. The maximum absolute atomic E-state index is 12.5. The van der Waals surface area contributed by atoms with Gasteiger partial charge in [0.2, 0.25) is 5.91 Å². The molecule has 3 rings (SSSR count). The van der Waals surface area contributed by atoms with Crippen LogP contribution in [0.3, 0.4) is 0 Å². The molecule has 0 spiro atoms. The van der Waals surface area contributed by atoms with Gasteiger partial charge in [0.05, 0.1) is 5.92 Å². The van der Waals surface area contributed by atoms with Crippen LogP contribution < -0.4 is 4.74 Å². The van der Waals surface area contributed by atoms with E-state index in [9.17, 15) is 4.79 Å². The molecule has 0 aliphatic carbocycles. The van der Waals surface area contributed by atoms with E-state index in [1.807, 2.05) is 36.1 Å². The number of nitrogens with zero attached hydrogens (tertiary/aromatic N) is 1. The smallest absolute Gasteiger partial charge is 0.230 e. The van der Waals surface area contributed by atoms with Crippen LogP contribution in [0, 0.1) is 12.8 Å². The summed E-state index contributed by atoms with van der Waals surface area (Å²) in [5.41, 5.74) is 1.15. The molecular weight excluding hydrogens is 294 g/mol. The molecule has 1 unspecified atom stereocenters. The number of aryl methyl sites for hydroxylation is 1. The molecule has 1 aromatic rings. The normalized spacial score (nSPS) is 21.6. The summed E-state index contributed by atoms with van der Waals surface area (Å²) in [6.45, 7) is 4.49. The molecule has 0 aromatic heterocycles. The number of ether oxygens (including phenoxy) is 1. The zero-order valence-corrected chi connectivity index (χ0v) is 13.9. The summed E-state index contributed by atoms with van der Waals surface area (Å²) in [6, 6.07) is 8.04. The average Bonchev–Trinajstić information content (AvgIpc) is 3.03. The van der Waals surface area contributed by atoms with Crippen LogP contribution in [-0.2, 0) is 4.79 Å². The van der Waals surface area contributed by atoms with Crippen LogP contribution in [0.25, 0.3) is 0 Å². The summed E-state index contributed by atoms with van der Waals surface area (Å²) in [5, 5.41) is 0. The van der Waals surface area contributed by atoms with Gasteiger partial charge in [-0.2, -0.15) is 0 Å². The van der Waals surface area contributed by atoms with Gasteiger partial charge in [0.15, 0.2) is 0 Å². The van der Waals surface area contributed by atoms with E-state index in [1.54, 1.807) is 11.8 Å². The SMILES string of the molecule is Cc1ccccc1OCC1=CC(C(=O)N2CCCCC2)CS1. The molecular formula is C18H23NO2S. The molecule has 1 fully saturated rings. The Hall–Kier alpha value is -1.42. The number of carbonyl (C=O) groups excluding carboxylic acids is 1. The summed E-state index contributed by atoms with van der Waals surface area (Å²) in [7, 11) is 0. The van der Waals surface area contributed by atoms with E-state index in [-0.39, 0.29) is 5.92 Å². The van der Waals surface area contributed by atoms with Crippen molar-refractivity contribution in [3.63, 3.8) is 0 Å². The lowest BCUT2D eigenvalue weighted by atomic mass is 10.1. The molecule has 118 valence electrons. The lowest BCUT2D eigenvalue weighted by Crippen LogP contribution is -2.39. The third kappa shape index (κ3) is 3.67. The number of carbonyl (C=O) groups is 1. The van der Waals surface area contributed by atoms with Crippen LogP contribution in [0.1, 0.15) is 24.8 Å². The van der Waals surface area contributed by atoms with Crippen molar-refractivity contribution in [3.05, 3.63) is 40.8 Å². The maximum Gasteiger partial charge on any atom is 0.230 e. The van der Waals surface area contributed by atoms with Crippen molar-refractivity contribution in [2.24, 2.45) is 5.92 Å². The van der Waals surface area contributed by atoms with E-state index >= 15 is 0 Å². The molecule has 1 amide bonds. The Morgan fingerprint density at radius 1 is 1.27 bits per heavy atom. The molecule has 2 aliphatic heterocycles. The fourth-order valence-electron chi connectivity index (χ4n) is 2.97. The highest BCUT2D eigenvalue weighted by Gasteiger charge is 2.28. The fraction of sp³-hybridized carbons (Fsp3) is 0.500. The minimum absolute atomic E-state index is 0.0403. The van der Waals surface area contributed by atoms with Crippen LogP contribution in [0.2, 0.25) is 0 Å². The highest BCUT2D eigenvalue weighted by molar-refractivity contribution is 8.03. The van der Waals surface area contributed by atoms with E-state index in [0.717, 1.165) is 43.0 Å². The van der Waals surface area contributed by atoms with Gasteiger partial charge in [0.1, 0.15) is 12.4 Å². The second kappa shape index (κ2) is 7.23. The Kier molecular flexibility index (Phi) is 5.08. The van der Waals surface area contributed by atoms with Gasteiger partial charge < -0.3 is 9.64 Å². The first-order valence-electron chi connectivity index (χ1n) is 8.05. The van der Waals surface area contributed by atoms with Crippen molar-refractivity contribution in [3.8, 4) is 5.75 Å². The van der Waals surface area contributed by atoms with Gasteiger partial charge in [-0.25, -0.2) is 0 Å². The van der Waals surface area contributed by atoms with Crippen LogP contribution in [0.5, 0.6) is 5.75 Å². The predicted molar refractivity (Wildman–Crippen MR) is 91.1 cm³/mol. The number of para-hydroxylation sites is 1. The van der Waals surface area contributed by atoms with Gasteiger partial charge in [-0.05, 0) is 37.8 Å². The number of hydrogen-bond donors (Lipinski definition) is 0. The van der Waals surface area contributed by atoms with Crippen molar-refractivity contribution >= 4 is 17.7 Å². The predicted octanol–water partition coefficient (Wildman–Crippen LogP) is 3.63. The molecule has 1 saturated heterocycles. The van der Waals surface area contributed by atoms with Crippen molar-refractivity contribution in [2.75, 3.05) is 25.4 Å². The van der Waals surface area contributed by atoms with Gasteiger partial charge in [0.25, 0.3) is 0 Å². The summed E-state index contributed by atoms with van der Waals surface area (Å²) in [6.07, 6.45) is 5.67. The van der Waals surface area contributed by atoms with E-state index < -0.39 is 0 Å². The Labute approximate surface area is 136 Å². The summed E-state index contributed by atoms with van der Waals surface area (Å²) in [4.78, 5) is 15.7. The summed E-state index contributed by atoms with van der Waals surface area (Å²) < 4.78 is 5.88. The van der Waals surface area contributed by atoms with Crippen molar-refractivity contribution in [2.45, 2.75) is 26.2 Å². The average molecular weight is 317 g/mol. The molecule has 2 aliphatic rings. The Balaban J connectivity index is 1.55. The molecule has 2 heterocycles. The largest absolute Gasteiger partial charge is 0.488 e. The Morgan fingerprint density at radius 2 is 2.05 bits per heavy atom. The topological polar surface area (TPSA) is 29.5 Å². The van der Waals surface area contributed by atoms with Crippen LogP contribution in [0.15, 0.2) is 35.2 Å². The van der Waals surface area contributed by atoms with E-state index in [0.29, 0.717) is 12.5 Å². The number of hydrogen-bond acceptors (Lipinski definition) is 3. The Bertz CT molecular complexity index is 564. The third-order valence-corrected chi connectivity index (χ3v) is 5.43. The molecule has 0 saturated carbocycles. The second-order valence-electron chi connectivity index (χ2n) is 5.99. The number of likely N-dealkylation sites (tertiary alicyclic amines) is 1. The fourth-order valence-corrected chi connectivity index (χ4v) is 4.00. The highest BCUT2D eigenvalue weighted by Crippen LogP contribution is 2.31. The van der Waals surface area contributed by atoms with E-state index in [1.165, 1.54) is 11.3 Å². The van der Waals surface area contributed by atoms with Gasteiger partial charge in [-0.1, -0.05) is 24.3 Å². The quantitative estimate of drug-likeness (QED) is 0.849. The maximum atomic E-state index is 12.5. The lowest BCUT2D eigenvalue weighted by Gasteiger charge is -2.28. The number of piperidine rings is 1. The van der Waals surface area contributed by atoms with Gasteiger partial charge >= 0.3 is 0 Å². The molecule has 0 radical (unpaired) electrons. The van der Waals surface area contributed by atoms with Crippen LogP contribution in [0.4, 0.5) is 0 Å². The molecule has 22 heavy (non-hydrogen) atoms. The monoisotopic (exact) mass is 317 g/mol. The molecule has 1 aromatic carbocycles. The third-order valence-electron chi connectivity index (χ3n) is 4.28. The van der Waals surface area contributed by atoms with Crippen LogP contribution >= 0.6 is 11.8 Å². The summed E-state index contributed by atoms with van der Waals surface area (Å²) in [5.74, 6) is 2.13. The highest BCUT2D eigenvalue weighted by atomic mass is 32.2. The van der Waals surface area contributed by atoms with E-state index in [4.69, 9.17) is 4.74 Å². The zero-order valence-electron chi connectivity index (χ0n) is 13.1. The van der Waals surface area contributed by atoms with Gasteiger partial charge in [0, 0.05) is 23.7 Å². The minimum Gasteiger partial charge on any atom is -0.488 e. The lowest BCUT2D eigenvalue weighted by molar-refractivity contribution is -0.134.